The number of hydrogen-bond donors (Lipinski definition) is 1. The third-order valence-electron chi connectivity index (χ3n) is 3.45. The lowest BCUT2D eigenvalue weighted by Gasteiger charge is -2.25. The number of pyridine rings is 1. The second kappa shape index (κ2) is 6.67. The maximum Gasteiger partial charge on any atom is 0.269 e. The van der Waals surface area contributed by atoms with Gasteiger partial charge in [0.25, 0.3) is 5.91 Å². The van der Waals surface area contributed by atoms with Gasteiger partial charge in [0.2, 0.25) is 0 Å². The van der Waals surface area contributed by atoms with Crippen LogP contribution in [0.1, 0.15) is 41.7 Å². The number of alkyl halides is 1. The van der Waals surface area contributed by atoms with E-state index in [1.807, 2.05) is 6.07 Å². The lowest BCUT2D eigenvalue weighted by molar-refractivity contribution is 0.0939. The van der Waals surface area contributed by atoms with Crippen molar-refractivity contribution < 1.29 is 4.79 Å². The van der Waals surface area contributed by atoms with Crippen LogP contribution in [0.25, 0.3) is 0 Å². The smallest absolute Gasteiger partial charge is 0.269 e. The summed E-state index contributed by atoms with van der Waals surface area (Å²) < 4.78 is 0. The number of carbonyl (C=O) groups excluding carboxylic acids is 1. The summed E-state index contributed by atoms with van der Waals surface area (Å²) in [6.45, 7) is 0.709. The Morgan fingerprint density at radius 3 is 2.74 bits per heavy atom. The summed E-state index contributed by atoms with van der Waals surface area (Å²) >= 11 is 3.62. The summed E-state index contributed by atoms with van der Waals surface area (Å²) in [4.78, 5) is 16.5. The van der Waals surface area contributed by atoms with Crippen molar-refractivity contribution in [3.63, 3.8) is 0 Å². The Bertz CT molecular complexity index is 472. The van der Waals surface area contributed by atoms with Crippen molar-refractivity contribution in [1.29, 1.82) is 5.26 Å². The first-order chi connectivity index (χ1) is 9.19. The second-order valence-corrected chi connectivity index (χ2v) is 6.17. The lowest BCUT2D eigenvalue weighted by atomic mass is 9.89. The number of nitrogens with zero attached hydrogens (tertiary/aromatic N) is 2. The van der Waals surface area contributed by atoms with Crippen LogP contribution in [-0.4, -0.2) is 22.3 Å². The fourth-order valence-electron chi connectivity index (χ4n) is 2.25. The molecule has 1 fully saturated rings. The topological polar surface area (TPSA) is 65.8 Å². The van der Waals surface area contributed by atoms with E-state index in [0.717, 1.165) is 12.8 Å². The third kappa shape index (κ3) is 4.03. The van der Waals surface area contributed by atoms with Crippen LogP contribution in [0.4, 0.5) is 0 Å². The van der Waals surface area contributed by atoms with E-state index in [0.29, 0.717) is 28.5 Å². The Labute approximate surface area is 121 Å². The average molecular weight is 322 g/mol. The summed E-state index contributed by atoms with van der Waals surface area (Å²) in [6, 6.07) is 5.18. The van der Waals surface area contributed by atoms with Gasteiger partial charge < -0.3 is 5.32 Å². The number of nitriles is 1. The largest absolute Gasteiger partial charge is 0.350 e. The summed E-state index contributed by atoms with van der Waals surface area (Å²) in [6.07, 6.45) is 6.07. The molecule has 1 aromatic rings. The molecule has 1 amide bonds. The number of amides is 1. The summed E-state index contributed by atoms with van der Waals surface area (Å²) in [5.41, 5.74) is 0.834. The van der Waals surface area contributed by atoms with E-state index >= 15 is 0 Å². The van der Waals surface area contributed by atoms with Gasteiger partial charge in [-0.05, 0) is 43.7 Å². The number of hydrogen-bond acceptors (Lipinski definition) is 3. The number of carbonyl (C=O) groups is 1. The van der Waals surface area contributed by atoms with E-state index in [2.05, 4.69) is 26.2 Å². The van der Waals surface area contributed by atoms with Crippen LogP contribution in [0.15, 0.2) is 18.3 Å². The molecule has 2 rings (SSSR count). The summed E-state index contributed by atoms with van der Waals surface area (Å²) in [5, 5.41) is 11.6. The number of nitrogens with one attached hydrogen (secondary N) is 1. The first-order valence-electron chi connectivity index (χ1n) is 6.47. The van der Waals surface area contributed by atoms with Gasteiger partial charge in [0.1, 0.15) is 11.8 Å². The molecule has 0 atom stereocenters. The predicted octanol–water partition coefficient (Wildman–Crippen LogP) is 2.64. The highest BCUT2D eigenvalue weighted by Crippen LogP contribution is 2.28. The molecule has 0 unspecified atom stereocenters. The first-order valence-corrected chi connectivity index (χ1v) is 7.39. The molecule has 1 aliphatic carbocycles. The number of halogens is 1. The van der Waals surface area contributed by atoms with E-state index in [9.17, 15) is 4.79 Å². The van der Waals surface area contributed by atoms with Gasteiger partial charge in [-0.1, -0.05) is 15.9 Å². The maximum atomic E-state index is 11.9. The average Bonchev–Trinajstić information content (AvgIpc) is 2.46. The monoisotopic (exact) mass is 321 g/mol. The van der Waals surface area contributed by atoms with Crippen molar-refractivity contribution in [3.05, 3.63) is 29.6 Å². The van der Waals surface area contributed by atoms with E-state index in [4.69, 9.17) is 5.26 Å². The minimum atomic E-state index is -0.162. The van der Waals surface area contributed by atoms with Gasteiger partial charge in [-0.15, -0.1) is 0 Å². The molecule has 1 heterocycles. The van der Waals surface area contributed by atoms with Gasteiger partial charge in [-0.25, -0.2) is 4.98 Å². The highest BCUT2D eigenvalue weighted by Gasteiger charge is 2.19. The fraction of sp³-hybridized carbons (Fsp3) is 0.500. The van der Waals surface area contributed by atoms with Gasteiger partial charge in [-0.3, -0.25) is 4.79 Å². The zero-order valence-electron chi connectivity index (χ0n) is 10.6. The molecular weight excluding hydrogens is 306 g/mol. The molecule has 5 heteroatoms. The van der Waals surface area contributed by atoms with E-state index in [1.54, 1.807) is 12.1 Å². The minimum Gasteiger partial charge on any atom is -0.350 e. The van der Waals surface area contributed by atoms with E-state index in [-0.39, 0.29) is 5.91 Å². The van der Waals surface area contributed by atoms with Gasteiger partial charge in [0, 0.05) is 17.6 Å². The Morgan fingerprint density at radius 2 is 2.16 bits per heavy atom. The molecule has 0 aromatic carbocycles. The van der Waals surface area contributed by atoms with Crippen molar-refractivity contribution >= 4 is 21.8 Å². The zero-order chi connectivity index (χ0) is 13.7. The third-order valence-corrected chi connectivity index (χ3v) is 4.37. The van der Waals surface area contributed by atoms with Gasteiger partial charge >= 0.3 is 0 Å². The Balaban J connectivity index is 1.82. The quantitative estimate of drug-likeness (QED) is 0.870. The van der Waals surface area contributed by atoms with Crippen molar-refractivity contribution in [2.75, 3.05) is 6.54 Å². The fourth-order valence-corrected chi connectivity index (χ4v) is 2.78. The highest BCUT2D eigenvalue weighted by atomic mass is 79.9. The molecule has 1 aliphatic rings. The highest BCUT2D eigenvalue weighted by molar-refractivity contribution is 9.09. The van der Waals surface area contributed by atoms with Crippen molar-refractivity contribution in [2.24, 2.45) is 5.92 Å². The molecule has 1 saturated carbocycles. The van der Waals surface area contributed by atoms with Crippen LogP contribution in [0, 0.1) is 17.2 Å². The second-order valence-electron chi connectivity index (χ2n) is 4.87. The molecule has 1 N–H and O–H groups in total. The Kier molecular flexibility index (Phi) is 4.92. The number of aromatic nitrogens is 1. The normalized spacial score (nSPS) is 22.5. The predicted molar refractivity (Wildman–Crippen MR) is 76.0 cm³/mol. The van der Waals surface area contributed by atoms with Crippen LogP contribution in [0.5, 0.6) is 0 Å². The van der Waals surface area contributed by atoms with Gasteiger partial charge in [-0.2, -0.15) is 5.26 Å². The lowest BCUT2D eigenvalue weighted by Crippen LogP contribution is -2.31. The van der Waals surface area contributed by atoms with Crippen LogP contribution < -0.4 is 5.32 Å². The molecule has 0 saturated heterocycles. The van der Waals surface area contributed by atoms with Crippen molar-refractivity contribution in [3.8, 4) is 6.07 Å². The maximum absolute atomic E-state index is 11.9. The summed E-state index contributed by atoms with van der Waals surface area (Å²) in [5.74, 6) is 0.404. The SMILES string of the molecule is N#Cc1ccc(C(=O)NCC2CCC(Br)CC2)nc1. The number of rotatable bonds is 3. The zero-order valence-corrected chi connectivity index (χ0v) is 12.2. The van der Waals surface area contributed by atoms with Crippen LogP contribution >= 0.6 is 15.9 Å². The standard InChI is InChI=1S/C14H16BrN3O/c15-12-4-1-10(2-5-12)8-18-14(19)13-6-3-11(7-16)9-17-13/h3,6,9-10,12H,1-2,4-5,8H2,(H,18,19). The molecule has 4 nitrogen and oxygen atoms in total. The Morgan fingerprint density at radius 1 is 1.42 bits per heavy atom. The minimum absolute atomic E-state index is 0.162. The van der Waals surface area contributed by atoms with Crippen molar-refractivity contribution in [2.45, 2.75) is 30.5 Å². The molecule has 0 aliphatic heterocycles. The molecule has 1 aromatic heterocycles. The van der Waals surface area contributed by atoms with Crippen LogP contribution in [0.2, 0.25) is 0 Å². The molecular formula is C14H16BrN3O. The van der Waals surface area contributed by atoms with Gasteiger partial charge in [0.05, 0.1) is 5.56 Å². The van der Waals surface area contributed by atoms with Crippen LogP contribution in [-0.2, 0) is 0 Å². The Hall–Kier alpha value is -1.41. The van der Waals surface area contributed by atoms with E-state index in [1.165, 1.54) is 19.0 Å². The molecule has 19 heavy (non-hydrogen) atoms. The molecule has 0 radical (unpaired) electrons. The summed E-state index contributed by atoms with van der Waals surface area (Å²) in [7, 11) is 0. The molecule has 0 bridgehead atoms. The molecule has 100 valence electrons. The van der Waals surface area contributed by atoms with Gasteiger partial charge in [0.15, 0.2) is 0 Å². The van der Waals surface area contributed by atoms with E-state index < -0.39 is 0 Å². The first kappa shape index (κ1) is 14.0. The van der Waals surface area contributed by atoms with Crippen molar-refractivity contribution in [1.82, 2.24) is 10.3 Å². The van der Waals surface area contributed by atoms with Crippen LogP contribution in [0.3, 0.4) is 0 Å². The molecule has 0 spiro atoms.